The van der Waals surface area contributed by atoms with E-state index in [4.69, 9.17) is 10.2 Å². The number of nitrogens with zero attached hydrogens (tertiary/aromatic N) is 5. The van der Waals surface area contributed by atoms with Gasteiger partial charge in [0.15, 0.2) is 11.4 Å². The van der Waals surface area contributed by atoms with Gasteiger partial charge in [0.25, 0.3) is 0 Å². The fourth-order valence-corrected chi connectivity index (χ4v) is 1.76. The van der Waals surface area contributed by atoms with Crippen molar-refractivity contribution < 1.29 is 4.42 Å². The van der Waals surface area contributed by atoms with Crippen molar-refractivity contribution in [2.75, 3.05) is 5.73 Å². The predicted molar refractivity (Wildman–Crippen MR) is 62.8 cm³/mol. The Morgan fingerprint density at radius 2 is 2.28 bits per heavy atom. The number of anilines is 1. The zero-order chi connectivity index (χ0) is 12.7. The van der Waals surface area contributed by atoms with E-state index in [9.17, 15) is 4.79 Å². The molecule has 3 aromatic rings. The standard InChI is InChI=1S/C10H10N6O2/c1-15-13-9(12-14-15)5-16-7-4-6(11)2-3-8(7)18-10(16)17/h2-4H,5,11H2,1H3. The first kappa shape index (κ1) is 10.5. The molecule has 0 radical (unpaired) electrons. The molecule has 0 aliphatic heterocycles. The molecule has 2 aromatic heterocycles. The Bertz CT molecular complexity index is 768. The van der Waals surface area contributed by atoms with E-state index in [0.717, 1.165) is 0 Å². The van der Waals surface area contributed by atoms with Crippen LogP contribution in [0, 0.1) is 0 Å². The number of oxazole rings is 1. The SMILES string of the molecule is Cn1nnc(Cn2c(=O)oc3ccc(N)cc32)n1. The first-order chi connectivity index (χ1) is 8.63. The Morgan fingerprint density at radius 3 is 3.00 bits per heavy atom. The van der Waals surface area contributed by atoms with Gasteiger partial charge < -0.3 is 10.2 Å². The molecule has 0 aliphatic carbocycles. The third kappa shape index (κ3) is 1.63. The lowest BCUT2D eigenvalue weighted by Gasteiger charge is -1.98. The third-order valence-electron chi connectivity index (χ3n) is 2.54. The fourth-order valence-electron chi connectivity index (χ4n) is 1.76. The summed E-state index contributed by atoms with van der Waals surface area (Å²) in [7, 11) is 1.66. The van der Waals surface area contributed by atoms with Crippen LogP contribution in [-0.4, -0.2) is 24.8 Å². The summed E-state index contributed by atoms with van der Waals surface area (Å²) in [5.41, 5.74) is 7.36. The van der Waals surface area contributed by atoms with Gasteiger partial charge in [-0.3, -0.25) is 4.57 Å². The maximum Gasteiger partial charge on any atom is 0.420 e. The average Bonchev–Trinajstić information content (AvgIpc) is 2.86. The smallest absolute Gasteiger partial charge is 0.408 e. The first-order valence-electron chi connectivity index (χ1n) is 5.25. The van der Waals surface area contributed by atoms with Crippen LogP contribution in [-0.2, 0) is 13.6 Å². The highest BCUT2D eigenvalue weighted by molar-refractivity contribution is 5.77. The maximum absolute atomic E-state index is 11.7. The van der Waals surface area contributed by atoms with Crippen molar-refractivity contribution in [2.24, 2.45) is 7.05 Å². The molecule has 0 saturated carbocycles. The van der Waals surface area contributed by atoms with Gasteiger partial charge in [-0.15, -0.1) is 10.2 Å². The molecule has 0 atom stereocenters. The lowest BCUT2D eigenvalue weighted by Crippen LogP contribution is -2.16. The van der Waals surface area contributed by atoms with Crippen molar-refractivity contribution in [3.63, 3.8) is 0 Å². The summed E-state index contributed by atoms with van der Waals surface area (Å²) in [6.45, 7) is 0.198. The molecule has 0 aliphatic rings. The molecule has 18 heavy (non-hydrogen) atoms. The van der Waals surface area contributed by atoms with Crippen LogP contribution in [0.4, 0.5) is 5.69 Å². The Kier molecular flexibility index (Phi) is 2.15. The molecule has 2 heterocycles. The molecule has 0 bridgehead atoms. The minimum Gasteiger partial charge on any atom is -0.408 e. The van der Waals surface area contributed by atoms with E-state index in [0.29, 0.717) is 22.6 Å². The van der Waals surface area contributed by atoms with Crippen LogP contribution in [0.3, 0.4) is 0 Å². The van der Waals surface area contributed by atoms with Crippen molar-refractivity contribution >= 4 is 16.8 Å². The zero-order valence-corrected chi connectivity index (χ0v) is 9.57. The van der Waals surface area contributed by atoms with Gasteiger partial charge >= 0.3 is 5.76 Å². The average molecular weight is 246 g/mol. The van der Waals surface area contributed by atoms with Crippen LogP contribution >= 0.6 is 0 Å². The van der Waals surface area contributed by atoms with E-state index in [2.05, 4.69) is 15.4 Å². The number of fused-ring (bicyclic) bond motifs is 1. The highest BCUT2D eigenvalue weighted by Crippen LogP contribution is 2.16. The number of aryl methyl sites for hydroxylation is 1. The molecule has 0 amide bonds. The van der Waals surface area contributed by atoms with Crippen LogP contribution in [0.1, 0.15) is 5.82 Å². The molecular weight excluding hydrogens is 236 g/mol. The molecule has 3 rings (SSSR count). The van der Waals surface area contributed by atoms with Crippen LogP contribution < -0.4 is 11.5 Å². The quantitative estimate of drug-likeness (QED) is 0.625. The van der Waals surface area contributed by atoms with Gasteiger partial charge in [-0.05, 0) is 23.4 Å². The van der Waals surface area contributed by atoms with Crippen LogP contribution in [0.5, 0.6) is 0 Å². The highest BCUT2D eigenvalue weighted by Gasteiger charge is 2.12. The molecule has 1 aromatic carbocycles. The van der Waals surface area contributed by atoms with Crippen molar-refractivity contribution in [2.45, 2.75) is 6.54 Å². The van der Waals surface area contributed by atoms with Crippen molar-refractivity contribution in [3.05, 3.63) is 34.6 Å². The predicted octanol–water partition coefficient (Wildman–Crippen LogP) is -0.252. The number of rotatable bonds is 2. The number of nitrogens with two attached hydrogens (primary N) is 1. The summed E-state index contributed by atoms with van der Waals surface area (Å²) in [5, 5.41) is 11.6. The fraction of sp³-hybridized carbons (Fsp3) is 0.200. The molecule has 0 fully saturated rings. The van der Waals surface area contributed by atoms with E-state index in [1.54, 1.807) is 25.2 Å². The minimum absolute atomic E-state index is 0.198. The van der Waals surface area contributed by atoms with Crippen LogP contribution in [0.25, 0.3) is 11.1 Å². The zero-order valence-electron chi connectivity index (χ0n) is 9.57. The Morgan fingerprint density at radius 1 is 1.44 bits per heavy atom. The monoisotopic (exact) mass is 246 g/mol. The Hall–Kier alpha value is -2.64. The molecular formula is C10H10N6O2. The molecule has 0 saturated heterocycles. The second kappa shape index (κ2) is 3.69. The van der Waals surface area contributed by atoms with E-state index < -0.39 is 5.76 Å². The number of tetrazole rings is 1. The van der Waals surface area contributed by atoms with E-state index >= 15 is 0 Å². The third-order valence-corrected chi connectivity index (χ3v) is 2.54. The minimum atomic E-state index is -0.469. The second-order valence-electron chi connectivity index (χ2n) is 3.88. The number of benzene rings is 1. The molecule has 0 unspecified atom stereocenters. The van der Waals surface area contributed by atoms with Gasteiger partial charge in [0.1, 0.15) is 0 Å². The number of hydrogen-bond donors (Lipinski definition) is 1. The normalized spacial score (nSPS) is 11.2. The van der Waals surface area contributed by atoms with E-state index in [-0.39, 0.29) is 6.54 Å². The summed E-state index contributed by atoms with van der Waals surface area (Å²) in [6.07, 6.45) is 0. The highest BCUT2D eigenvalue weighted by atomic mass is 16.4. The summed E-state index contributed by atoms with van der Waals surface area (Å²) >= 11 is 0. The van der Waals surface area contributed by atoms with Crippen molar-refractivity contribution in [1.82, 2.24) is 24.8 Å². The lowest BCUT2D eigenvalue weighted by atomic mass is 10.3. The van der Waals surface area contributed by atoms with Crippen molar-refractivity contribution in [1.29, 1.82) is 0 Å². The van der Waals surface area contributed by atoms with Gasteiger partial charge in [-0.2, -0.15) is 4.80 Å². The van der Waals surface area contributed by atoms with E-state index in [1.807, 2.05) is 0 Å². The van der Waals surface area contributed by atoms with Gasteiger partial charge in [0.05, 0.1) is 19.1 Å². The molecule has 8 heteroatoms. The second-order valence-corrected chi connectivity index (χ2v) is 3.88. The number of nitrogen functional groups attached to an aromatic ring is 1. The van der Waals surface area contributed by atoms with Crippen LogP contribution in [0.2, 0.25) is 0 Å². The largest absolute Gasteiger partial charge is 0.420 e. The first-order valence-corrected chi connectivity index (χ1v) is 5.25. The van der Waals surface area contributed by atoms with Gasteiger partial charge in [-0.1, -0.05) is 0 Å². The van der Waals surface area contributed by atoms with Gasteiger partial charge in [0.2, 0.25) is 0 Å². The topological polar surface area (TPSA) is 105 Å². The van der Waals surface area contributed by atoms with E-state index in [1.165, 1.54) is 9.36 Å². The van der Waals surface area contributed by atoms with Gasteiger partial charge in [-0.25, -0.2) is 4.79 Å². The number of aromatic nitrogens is 5. The summed E-state index contributed by atoms with van der Waals surface area (Å²) in [4.78, 5) is 13.1. The number of hydrogen-bond acceptors (Lipinski definition) is 6. The maximum atomic E-state index is 11.7. The lowest BCUT2D eigenvalue weighted by molar-refractivity contribution is 0.513. The Balaban J connectivity index is 2.13. The molecule has 92 valence electrons. The van der Waals surface area contributed by atoms with Crippen molar-refractivity contribution in [3.8, 4) is 0 Å². The van der Waals surface area contributed by atoms with Crippen LogP contribution in [0.15, 0.2) is 27.4 Å². The molecule has 2 N–H and O–H groups in total. The molecule has 8 nitrogen and oxygen atoms in total. The molecule has 0 spiro atoms. The summed E-state index contributed by atoms with van der Waals surface area (Å²) < 4.78 is 6.52. The Labute approximate surface area is 101 Å². The summed E-state index contributed by atoms with van der Waals surface area (Å²) in [6, 6.07) is 5.01. The van der Waals surface area contributed by atoms with Gasteiger partial charge in [0, 0.05) is 5.69 Å². The summed E-state index contributed by atoms with van der Waals surface area (Å²) in [5.74, 6) is -0.0345.